The van der Waals surface area contributed by atoms with Crippen LogP contribution in [-0.4, -0.2) is 11.5 Å². The molecule has 1 aromatic heterocycles. The lowest BCUT2D eigenvalue weighted by molar-refractivity contribution is 0.412. The Labute approximate surface area is 83.3 Å². The van der Waals surface area contributed by atoms with Crippen molar-refractivity contribution in [3.05, 3.63) is 29.0 Å². The van der Waals surface area contributed by atoms with Crippen molar-refractivity contribution in [1.29, 1.82) is 0 Å². The zero-order valence-corrected chi connectivity index (χ0v) is 8.22. The summed E-state index contributed by atoms with van der Waals surface area (Å²) in [6.45, 7) is 1.12. The SMILES string of the molecule is Clc1cc(C2CCCCN2)ccn1. The molecule has 0 aliphatic carbocycles. The first-order chi connectivity index (χ1) is 6.36. The van der Waals surface area contributed by atoms with E-state index in [-0.39, 0.29) is 0 Å². The van der Waals surface area contributed by atoms with Crippen LogP contribution in [0.2, 0.25) is 5.15 Å². The van der Waals surface area contributed by atoms with E-state index in [1.807, 2.05) is 12.1 Å². The molecule has 1 saturated heterocycles. The molecule has 1 aromatic rings. The van der Waals surface area contributed by atoms with Crippen molar-refractivity contribution in [2.24, 2.45) is 0 Å². The van der Waals surface area contributed by atoms with Crippen molar-refractivity contribution in [2.45, 2.75) is 25.3 Å². The molecule has 0 saturated carbocycles. The van der Waals surface area contributed by atoms with Gasteiger partial charge in [-0.1, -0.05) is 18.0 Å². The van der Waals surface area contributed by atoms with Gasteiger partial charge < -0.3 is 5.32 Å². The second-order valence-electron chi connectivity index (χ2n) is 3.41. The fourth-order valence-corrected chi connectivity index (χ4v) is 1.95. The third kappa shape index (κ3) is 2.20. The summed E-state index contributed by atoms with van der Waals surface area (Å²) in [5, 5.41) is 4.06. The normalized spacial score (nSPS) is 23.0. The van der Waals surface area contributed by atoms with Crippen LogP contribution in [0.1, 0.15) is 30.9 Å². The maximum atomic E-state index is 5.83. The van der Waals surface area contributed by atoms with Gasteiger partial charge in [0, 0.05) is 12.2 Å². The number of aromatic nitrogens is 1. The van der Waals surface area contributed by atoms with Crippen LogP contribution in [0.5, 0.6) is 0 Å². The highest BCUT2D eigenvalue weighted by Gasteiger charge is 2.14. The number of hydrogen-bond donors (Lipinski definition) is 1. The monoisotopic (exact) mass is 196 g/mol. The molecular formula is C10H13ClN2. The van der Waals surface area contributed by atoms with Crippen LogP contribution in [0.25, 0.3) is 0 Å². The summed E-state index contributed by atoms with van der Waals surface area (Å²) in [6, 6.07) is 4.47. The van der Waals surface area contributed by atoms with Gasteiger partial charge in [-0.05, 0) is 37.1 Å². The molecule has 3 heteroatoms. The van der Waals surface area contributed by atoms with Gasteiger partial charge in [-0.25, -0.2) is 4.98 Å². The largest absolute Gasteiger partial charge is 0.310 e. The van der Waals surface area contributed by atoms with E-state index < -0.39 is 0 Å². The Morgan fingerprint density at radius 1 is 1.46 bits per heavy atom. The average Bonchev–Trinajstić information content (AvgIpc) is 2.19. The zero-order chi connectivity index (χ0) is 9.10. The zero-order valence-electron chi connectivity index (χ0n) is 7.46. The Morgan fingerprint density at radius 3 is 3.08 bits per heavy atom. The van der Waals surface area contributed by atoms with Crippen LogP contribution in [0.15, 0.2) is 18.3 Å². The lowest BCUT2D eigenvalue weighted by Gasteiger charge is -2.23. The number of hydrogen-bond acceptors (Lipinski definition) is 2. The fraction of sp³-hybridized carbons (Fsp3) is 0.500. The molecule has 1 aliphatic heterocycles. The van der Waals surface area contributed by atoms with E-state index in [1.54, 1.807) is 6.20 Å². The second-order valence-corrected chi connectivity index (χ2v) is 3.80. The first-order valence-electron chi connectivity index (χ1n) is 4.71. The molecule has 0 spiro atoms. The first-order valence-corrected chi connectivity index (χ1v) is 5.09. The second kappa shape index (κ2) is 4.07. The maximum absolute atomic E-state index is 5.83. The standard InChI is InChI=1S/C10H13ClN2/c11-10-7-8(4-6-13-10)9-3-1-2-5-12-9/h4,6-7,9,12H,1-3,5H2. The summed E-state index contributed by atoms with van der Waals surface area (Å²) < 4.78 is 0. The average molecular weight is 197 g/mol. The van der Waals surface area contributed by atoms with Crippen molar-refractivity contribution in [3.63, 3.8) is 0 Å². The van der Waals surface area contributed by atoms with Gasteiger partial charge in [0.2, 0.25) is 0 Å². The van der Waals surface area contributed by atoms with Crippen LogP contribution in [0, 0.1) is 0 Å². The van der Waals surface area contributed by atoms with E-state index in [0.29, 0.717) is 11.2 Å². The third-order valence-corrected chi connectivity index (χ3v) is 2.67. The van der Waals surface area contributed by atoms with Crippen LogP contribution in [0.3, 0.4) is 0 Å². The smallest absolute Gasteiger partial charge is 0.129 e. The summed E-state index contributed by atoms with van der Waals surface area (Å²) in [5.74, 6) is 0. The molecule has 1 aliphatic rings. The molecule has 0 radical (unpaired) electrons. The minimum absolute atomic E-state index is 0.481. The first kappa shape index (κ1) is 8.97. The number of nitrogens with one attached hydrogen (secondary N) is 1. The quantitative estimate of drug-likeness (QED) is 0.699. The number of piperidine rings is 1. The fourth-order valence-electron chi connectivity index (χ4n) is 1.77. The van der Waals surface area contributed by atoms with Gasteiger partial charge in [0.05, 0.1) is 0 Å². The van der Waals surface area contributed by atoms with Crippen molar-refractivity contribution in [3.8, 4) is 0 Å². The van der Waals surface area contributed by atoms with Gasteiger partial charge >= 0.3 is 0 Å². The van der Waals surface area contributed by atoms with E-state index in [0.717, 1.165) is 6.54 Å². The Kier molecular flexibility index (Phi) is 2.81. The van der Waals surface area contributed by atoms with Crippen molar-refractivity contribution in [2.75, 3.05) is 6.54 Å². The number of rotatable bonds is 1. The number of pyridine rings is 1. The molecule has 2 heterocycles. The van der Waals surface area contributed by atoms with Crippen molar-refractivity contribution in [1.82, 2.24) is 10.3 Å². The van der Waals surface area contributed by atoms with Gasteiger partial charge in [0.15, 0.2) is 0 Å². The van der Waals surface area contributed by atoms with Gasteiger partial charge in [-0.2, -0.15) is 0 Å². The Hall–Kier alpha value is -0.600. The Balaban J connectivity index is 2.14. The highest BCUT2D eigenvalue weighted by atomic mass is 35.5. The maximum Gasteiger partial charge on any atom is 0.129 e. The topological polar surface area (TPSA) is 24.9 Å². The molecule has 1 atom stereocenters. The lowest BCUT2D eigenvalue weighted by Crippen LogP contribution is -2.26. The Bertz CT molecular complexity index is 282. The molecule has 70 valence electrons. The summed E-state index contributed by atoms with van der Waals surface area (Å²) in [7, 11) is 0. The highest BCUT2D eigenvalue weighted by Crippen LogP contribution is 2.23. The summed E-state index contributed by atoms with van der Waals surface area (Å²) in [6.07, 6.45) is 5.57. The molecule has 0 aromatic carbocycles. The molecule has 1 unspecified atom stereocenters. The minimum atomic E-state index is 0.481. The Morgan fingerprint density at radius 2 is 2.38 bits per heavy atom. The molecular weight excluding hydrogens is 184 g/mol. The van der Waals surface area contributed by atoms with Crippen LogP contribution >= 0.6 is 11.6 Å². The van der Waals surface area contributed by atoms with Crippen LogP contribution in [0.4, 0.5) is 0 Å². The van der Waals surface area contributed by atoms with E-state index in [2.05, 4.69) is 10.3 Å². The van der Waals surface area contributed by atoms with Gasteiger partial charge in [0.1, 0.15) is 5.15 Å². The van der Waals surface area contributed by atoms with Crippen LogP contribution in [-0.2, 0) is 0 Å². The van der Waals surface area contributed by atoms with Crippen molar-refractivity contribution < 1.29 is 0 Å². The summed E-state index contributed by atoms with van der Waals surface area (Å²) in [5.41, 5.74) is 1.26. The predicted molar refractivity (Wildman–Crippen MR) is 53.8 cm³/mol. The van der Waals surface area contributed by atoms with E-state index in [4.69, 9.17) is 11.6 Å². The molecule has 2 nitrogen and oxygen atoms in total. The number of halogens is 1. The molecule has 13 heavy (non-hydrogen) atoms. The highest BCUT2D eigenvalue weighted by molar-refractivity contribution is 6.29. The van der Waals surface area contributed by atoms with Crippen LogP contribution < -0.4 is 5.32 Å². The molecule has 1 fully saturated rings. The molecule has 0 bridgehead atoms. The van der Waals surface area contributed by atoms with Gasteiger partial charge in [-0.3, -0.25) is 0 Å². The molecule has 2 rings (SSSR count). The summed E-state index contributed by atoms with van der Waals surface area (Å²) >= 11 is 5.83. The molecule has 0 amide bonds. The molecule has 1 N–H and O–H groups in total. The van der Waals surface area contributed by atoms with Crippen molar-refractivity contribution >= 4 is 11.6 Å². The number of nitrogens with zero attached hydrogens (tertiary/aromatic N) is 1. The minimum Gasteiger partial charge on any atom is -0.310 e. The lowest BCUT2D eigenvalue weighted by atomic mass is 9.99. The van der Waals surface area contributed by atoms with E-state index in [9.17, 15) is 0 Å². The summed E-state index contributed by atoms with van der Waals surface area (Å²) in [4.78, 5) is 3.97. The van der Waals surface area contributed by atoms with Gasteiger partial charge in [0.25, 0.3) is 0 Å². The predicted octanol–water partition coefficient (Wildman–Crippen LogP) is 2.55. The third-order valence-electron chi connectivity index (χ3n) is 2.46. The van der Waals surface area contributed by atoms with E-state index in [1.165, 1.54) is 24.8 Å². The van der Waals surface area contributed by atoms with E-state index >= 15 is 0 Å². The van der Waals surface area contributed by atoms with Gasteiger partial charge in [-0.15, -0.1) is 0 Å².